The minimum atomic E-state index is -0.403. The van der Waals surface area contributed by atoms with E-state index in [4.69, 9.17) is 0 Å². The van der Waals surface area contributed by atoms with E-state index in [1.54, 1.807) is 6.92 Å². The van der Waals surface area contributed by atoms with Gasteiger partial charge in [-0.25, -0.2) is 5.11 Å². The van der Waals surface area contributed by atoms with Crippen LogP contribution in [0.2, 0.25) is 0 Å². The van der Waals surface area contributed by atoms with Crippen LogP contribution < -0.4 is 0 Å². The number of rotatable bonds is 3. The van der Waals surface area contributed by atoms with Crippen LogP contribution in [0.25, 0.3) is 0 Å². The topological polar surface area (TPSA) is 19.9 Å². The summed E-state index contributed by atoms with van der Waals surface area (Å²) in [6, 6.07) is 0. The van der Waals surface area contributed by atoms with Crippen LogP contribution in [0, 0.1) is 11.8 Å². The lowest BCUT2D eigenvalue weighted by atomic mass is 9.90. The molecule has 0 saturated heterocycles. The van der Waals surface area contributed by atoms with E-state index < -0.39 is 6.10 Å². The summed E-state index contributed by atoms with van der Waals surface area (Å²) in [5.74, 6) is 0.910. The molecule has 3 atom stereocenters. The summed E-state index contributed by atoms with van der Waals surface area (Å²) in [6.07, 6.45) is 0.716. The van der Waals surface area contributed by atoms with Gasteiger partial charge < -0.3 is 0 Å². The van der Waals surface area contributed by atoms with Crippen LogP contribution in [0.4, 0.5) is 0 Å². The zero-order valence-corrected chi connectivity index (χ0v) is 6.85. The Labute approximate surface area is 58.1 Å². The second kappa shape index (κ2) is 3.89. The number of hydrogen-bond acceptors (Lipinski definition) is 0. The van der Waals surface area contributed by atoms with Gasteiger partial charge in [-0.1, -0.05) is 27.2 Å². The lowest BCUT2D eigenvalue weighted by Crippen LogP contribution is -2.18. The summed E-state index contributed by atoms with van der Waals surface area (Å²) >= 11 is 0. The normalized spacial score (nSPS) is 21.0. The molecular weight excluding hydrogens is 112 g/mol. The second-order valence-corrected chi connectivity index (χ2v) is 2.95. The summed E-state index contributed by atoms with van der Waals surface area (Å²) < 4.78 is 0. The third-order valence-corrected chi connectivity index (χ3v) is 2.28. The lowest BCUT2D eigenvalue weighted by molar-refractivity contribution is 0.0367. The van der Waals surface area contributed by atoms with E-state index in [0.29, 0.717) is 11.8 Å². The third-order valence-electron chi connectivity index (χ3n) is 2.28. The van der Waals surface area contributed by atoms with Gasteiger partial charge >= 0.3 is 0 Å². The van der Waals surface area contributed by atoms with Crippen LogP contribution in [0.5, 0.6) is 0 Å². The first-order valence-electron chi connectivity index (χ1n) is 3.75. The van der Waals surface area contributed by atoms with Gasteiger partial charge in [0.15, 0.2) is 0 Å². The van der Waals surface area contributed by atoms with Gasteiger partial charge in [0.05, 0.1) is 6.10 Å². The van der Waals surface area contributed by atoms with Crippen molar-refractivity contribution < 1.29 is 5.11 Å². The van der Waals surface area contributed by atoms with Gasteiger partial charge in [0.2, 0.25) is 0 Å². The SMILES string of the molecule is CCC(C)C(C)C(C)[O]. The third kappa shape index (κ3) is 2.85. The van der Waals surface area contributed by atoms with Gasteiger partial charge in [0.25, 0.3) is 0 Å². The average molecular weight is 129 g/mol. The maximum atomic E-state index is 10.8. The quantitative estimate of drug-likeness (QED) is 0.558. The smallest absolute Gasteiger partial charge is 0.0930 e. The molecule has 0 aliphatic carbocycles. The van der Waals surface area contributed by atoms with Crippen LogP contribution in [0.15, 0.2) is 0 Å². The summed E-state index contributed by atoms with van der Waals surface area (Å²) in [5, 5.41) is 10.8. The molecule has 9 heavy (non-hydrogen) atoms. The van der Waals surface area contributed by atoms with Crippen molar-refractivity contribution >= 4 is 0 Å². The molecule has 0 bridgehead atoms. The zero-order valence-electron chi connectivity index (χ0n) is 6.85. The molecule has 0 aromatic carbocycles. The highest BCUT2D eigenvalue weighted by Crippen LogP contribution is 2.17. The first-order chi connectivity index (χ1) is 4.09. The van der Waals surface area contributed by atoms with E-state index in [2.05, 4.69) is 13.8 Å². The van der Waals surface area contributed by atoms with Crippen molar-refractivity contribution in [3.05, 3.63) is 0 Å². The van der Waals surface area contributed by atoms with E-state index in [-0.39, 0.29) is 0 Å². The molecule has 0 rings (SSSR count). The van der Waals surface area contributed by atoms with E-state index in [0.717, 1.165) is 6.42 Å². The first-order valence-corrected chi connectivity index (χ1v) is 3.75. The van der Waals surface area contributed by atoms with Crippen LogP contribution in [0.1, 0.15) is 34.1 Å². The highest BCUT2D eigenvalue weighted by Gasteiger charge is 2.15. The highest BCUT2D eigenvalue weighted by molar-refractivity contribution is 4.64. The predicted octanol–water partition coefficient (Wildman–Crippen LogP) is 2.49. The Bertz CT molecular complexity index is 69.0. The Morgan fingerprint density at radius 2 is 1.67 bits per heavy atom. The standard InChI is InChI=1S/C8H17O/c1-5-6(2)7(3)8(4)9/h6-8H,5H2,1-4H3. The summed E-state index contributed by atoms with van der Waals surface area (Å²) in [6.45, 7) is 8.05. The Morgan fingerprint density at radius 1 is 1.22 bits per heavy atom. The molecule has 0 fully saturated rings. The highest BCUT2D eigenvalue weighted by atomic mass is 16.3. The van der Waals surface area contributed by atoms with Gasteiger partial charge in [-0.2, -0.15) is 0 Å². The summed E-state index contributed by atoms with van der Waals surface area (Å²) in [4.78, 5) is 0. The molecule has 0 aliphatic rings. The zero-order chi connectivity index (χ0) is 7.44. The van der Waals surface area contributed by atoms with Gasteiger partial charge in [-0.3, -0.25) is 0 Å². The Kier molecular flexibility index (Phi) is 3.87. The molecular formula is C8H17O. The van der Waals surface area contributed by atoms with Crippen molar-refractivity contribution in [2.75, 3.05) is 0 Å². The molecule has 0 heterocycles. The Morgan fingerprint density at radius 3 is 1.78 bits per heavy atom. The van der Waals surface area contributed by atoms with Crippen LogP contribution in [-0.2, 0) is 5.11 Å². The van der Waals surface area contributed by atoms with Crippen molar-refractivity contribution in [2.45, 2.75) is 40.2 Å². The molecule has 1 radical (unpaired) electrons. The van der Waals surface area contributed by atoms with Crippen LogP contribution in [0.3, 0.4) is 0 Å². The van der Waals surface area contributed by atoms with Crippen molar-refractivity contribution in [1.82, 2.24) is 0 Å². The maximum absolute atomic E-state index is 10.8. The maximum Gasteiger partial charge on any atom is 0.0930 e. The summed E-state index contributed by atoms with van der Waals surface area (Å²) in [5.41, 5.74) is 0. The Hall–Kier alpha value is -0.0400. The molecule has 55 valence electrons. The molecule has 1 heteroatoms. The fourth-order valence-electron chi connectivity index (χ4n) is 0.834. The molecule has 0 aromatic rings. The van der Waals surface area contributed by atoms with E-state index in [1.165, 1.54) is 0 Å². The van der Waals surface area contributed by atoms with Gasteiger partial charge in [0.1, 0.15) is 0 Å². The Balaban J connectivity index is 3.58. The minimum Gasteiger partial charge on any atom is -0.233 e. The van der Waals surface area contributed by atoms with Crippen LogP contribution >= 0.6 is 0 Å². The largest absolute Gasteiger partial charge is 0.233 e. The average Bonchev–Trinajstić information content (AvgIpc) is 1.84. The second-order valence-electron chi connectivity index (χ2n) is 2.95. The fourth-order valence-corrected chi connectivity index (χ4v) is 0.834. The fraction of sp³-hybridized carbons (Fsp3) is 1.00. The first kappa shape index (κ1) is 8.96. The number of hydrogen-bond donors (Lipinski definition) is 0. The van der Waals surface area contributed by atoms with E-state index in [1.807, 2.05) is 6.92 Å². The van der Waals surface area contributed by atoms with Gasteiger partial charge in [-0.15, -0.1) is 0 Å². The molecule has 0 N–H and O–H groups in total. The van der Waals surface area contributed by atoms with E-state index in [9.17, 15) is 5.11 Å². The van der Waals surface area contributed by atoms with Crippen molar-refractivity contribution in [1.29, 1.82) is 0 Å². The van der Waals surface area contributed by atoms with Crippen LogP contribution in [-0.4, -0.2) is 6.10 Å². The van der Waals surface area contributed by atoms with Crippen molar-refractivity contribution in [3.63, 3.8) is 0 Å². The molecule has 1 nitrogen and oxygen atoms in total. The van der Waals surface area contributed by atoms with E-state index >= 15 is 0 Å². The molecule has 0 aromatic heterocycles. The van der Waals surface area contributed by atoms with Gasteiger partial charge in [0, 0.05) is 0 Å². The molecule has 0 amide bonds. The predicted molar refractivity (Wildman–Crippen MR) is 38.8 cm³/mol. The van der Waals surface area contributed by atoms with Crippen molar-refractivity contribution in [2.24, 2.45) is 11.8 Å². The molecule has 0 aliphatic heterocycles. The minimum absolute atomic E-state index is 0.329. The molecule has 0 spiro atoms. The molecule has 0 saturated carbocycles. The lowest BCUT2D eigenvalue weighted by Gasteiger charge is -2.18. The van der Waals surface area contributed by atoms with Crippen molar-refractivity contribution in [3.8, 4) is 0 Å². The monoisotopic (exact) mass is 129 g/mol. The summed E-state index contributed by atoms with van der Waals surface area (Å²) in [7, 11) is 0. The molecule has 3 unspecified atom stereocenters. The van der Waals surface area contributed by atoms with Gasteiger partial charge in [-0.05, 0) is 18.8 Å².